The van der Waals surface area contributed by atoms with Crippen LogP contribution < -0.4 is 5.32 Å². The van der Waals surface area contributed by atoms with E-state index in [0.29, 0.717) is 19.4 Å². The molecule has 4 atom stereocenters. The molecule has 1 aliphatic carbocycles. The van der Waals surface area contributed by atoms with Gasteiger partial charge in [0.25, 0.3) is 0 Å². The number of carbonyl (C=O) groups is 1. The molecule has 1 heterocycles. The summed E-state index contributed by atoms with van der Waals surface area (Å²) >= 11 is 0. The highest BCUT2D eigenvalue weighted by molar-refractivity contribution is 5.79. The molecule has 6 nitrogen and oxygen atoms in total. The normalized spacial score (nSPS) is 37.8. The number of methoxy groups -OCH3 is 2. The first-order valence-electron chi connectivity index (χ1n) is 7.84. The van der Waals surface area contributed by atoms with E-state index in [4.69, 9.17) is 9.47 Å². The van der Waals surface area contributed by atoms with Gasteiger partial charge >= 0.3 is 5.97 Å². The van der Waals surface area contributed by atoms with Gasteiger partial charge in [0, 0.05) is 33.4 Å². The van der Waals surface area contributed by atoms with Crippen LogP contribution in [-0.4, -0.2) is 73.6 Å². The third-order valence-corrected chi connectivity index (χ3v) is 5.02. The average molecular weight is 300 g/mol. The van der Waals surface area contributed by atoms with Crippen LogP contribution in [0.5, 0.6) is 0 Å². The van der Waals surface area contributed by atoms with Gasteiger partial charge in [0.05, 0.1) is 12.2 Å². The average Bonchev–Trinajstić information content (AvgIpc) is 2.91. The van der Waals surface area contributed by atoms with Gasteiger partial charge in [-0.1, -0.05) is 6.92 Å². The minimum Gasteiger partial charge on any atom is -0.480 e. The van der Waals surface area contributed by atoms with Crippen LogP contribution in [0.15, 0.2) is 0 Å². The molecule has 21 heavy (non-hydrogen) atoms. The summed E-state index contributed by atoms with van der Waals surface area (Å²) in [6.07, 6.45) is 3.51. The molecule has 1 saturated heterocycles. The van der Waals surface area contributed by atoms with Gasteiger partial charge < -0.3 is 19.9 Å². The third-order valence-electron chi connectivity index (χ3n) is 5.02. The molecule has 122 valence electrons. The summed E-state index contributed by atoms with van der Waals surface area (Å²) in [6.45, 7) is 4.29. The summed E-state index contributed by atoms with van der Waals surface area (Å²) in [5.74, 6) is -0.722. The molecule has 0 bridgehead atoms. The maximum atomic E-state index is 11.7. The molecule has 6 heteroatoms. The molecule has 1 saturated carbocycles. The highest BCUT2D eigenvalue weighted by Crippen LogP contribution is 2.33. The number of carboxylic acids is 1. The maximum absolute atomic E-state index is 11.7. The minimum atomic E-state index is -0.772. The van der Waals surface area contributed by atoms with Crippen molar-refractivity contribution >= 4 is 5.97 Å². The van der Waals surface area contributed by atoms with Crippen LogP contribution in [0.1, 0.15) is 32.6 Å². The minimum absolute atomic E-state index is 0.0790. The fourth-order valence-electron chi connectivity index (χ4n) is 3.85. The van der Waals surface area contributed by atoms with E-state index < -0.39 is 11.5 Å². The summed E-state index contributed by atoms with van der Waals surface area (Å²) in [5.41, 5.74) is -0.772. The molecule has 0 aromatic rings. The number of hydrogen-bond acceptors (Lipinski definition) is 5. The number of rotatable bonds is 6. The standard InChI is InChI=1S/C15H28N2O4/c1-4-16-15(14(18)19)7-5-6-11(8-15)17-9-12(20-2)13(10-17)21-3/h11-13,16H,4-10H2,1-3H3,(H,18,19). The molecule has 0 radical (unpaired) electrons. The Kier molecular flexibility index (Phi) is 5.60. The van der Waals surface area contributed by atoms with Crippen molar-refractivity contribution in [1.29, 1.82) is 0 Å². The second-order valence-electron chi connectivity index (χ2n) is 6.17. The zero-order chi connectivity index (χ0) is 15.5. The Morgan fingerprint density at radius 2 is 1.95 bits per heavy atom. The number of nitrogens with zero attached hydrogens (tertiary/aromatic N) is 1. The quantitative estimate of drug-likeness (QED) is 0.753. The lowest BCUT2D eigenvalue weighted by atomic mass is 9.78. The fraction of sp³-hybridized carbons (Fsp3) is 0.933. The van der Waals surface area contributed by atoms with Crippen LogP contribution in [0.25, 0.3) is 0 Å². The number of aliphatic carboxylic acids is 1. The number of hydrogen-bond donors (Lipinski definition) is 2. The monoisotopic (exact) mass is 300 g/mol. The van der Waals surface area contributed by atoms with Crippen LogP contribution in [0.3, 0.4) is 0 Å². The van der Waals surface area contributed by atoms with Crippen molar-refractivity contribution in [2.75, 3.05) is 33.9 Å². The molecular formula is C15H28N2O4. The van der Waals surface area contributed by atoms with Gasteiger partial charge in [-0.25, -0.2) is 0 Å². The smallest absolute Gasteiger partial charge is 0.323 e. The summed E-state index contributed by atoms with van der Waals surface area (Å²) in [6, 6.07) is 0.284. The summed E-state index contributed by atoms with van der Waals surface area (Å²) < 4.78 is 11.0. The van der Waals surface area contributed by atoms with E-state index in [2.05, 4.69) is 10.2 Å². The number of carboxylic acid groups (broad SMARTS) is 1. The Morgan fingerprint density at radius 1 is 1.33 bits per heavy atom. The van der Waals surface area contributed by atoms with E-state index in [1.165, 1.54) is 0 Å². The van der Waals surface area contributed by atoms with Crippen molar-refractivity contribution in [3.8, 4) is 0 Å². The Labute approximate surface area is 126 Å². The van der Waals surface area contributed by atoms with E-state index in [0.717, 1.165) is 25.9 Å². The van der Waals surface area contributed by atoms with Crippen molar-refractivity contribution in [1.82, 2.24) is 10.2 Å². The highest BCUT2D eigenvalue weighted by Gasteiger charge is 2.46. The van der Waals surface area contributed by atoms with E-state index in [-0.39, 0.29) is 18.2 Å². The predicted octanol–water partition coefficient (Wildman–Crippen LogP) is 0.708. The first-order chi connectivity index (χ1) is 10.1. The van der Waals surface area contributed by atoms with Gasteiger partial charge in [-0.15, -0.1) is 0 Å². The zero-order valence-electron chi connectivity index (χ0n) is 13.3. The largest absolute Gasteiger partial charge is 0.480 e. The topological polar surface area (TPSA) is 71.0 Å². The Hall–Kier alpha value is -0.690. The predicted molar refractivity (Wildman–Crippen MR) is 79.5 cm³/mol. The summed E-state index contributed by atoms with van der Waals surface area (Å²) in [7, 11) is 3.42. The first-order valence-corrected chi connectivity index (χ1v) is 7.84. The number of nitrogens with one attached hydrogen (secondary N) is 1. The van der Waals surface area contributed by atoms with Gasteiger partial charge in [-0.05, 0) is 32.2 Å². The molecule has 0 aromatic heterocycles. The van der Waals surface area contributed by atoms with Crippen LogP contribution in [0.2, 0.25) is 0 Å². The summed E-state index contributed by atoms with van der Waals surface area (Å²) in [4.78, 5) is 14.1. The highest BCUT2D eigenvalue weighted by atomic mass is 16.5. The van der Waals surface area contributed by atoms with E-state index in [1.807, 2.05) is 6.92 Å². The van der Waals surface area contributed by atoms with Crippen molar-refractivity contribution in [2.24, 2.45) is 0 Å². The van der Waals surface area contributed by atoms with Crippen LogP contribution in [-0.2, 0) is 14.3 Å². The van der Waals surface area contributed by atoms with Crippen molar-refractivity contribution in [3.63, 3.8) is 0 Å². The molecule has 0 aromatic carbocycles. The number of likely N-dealkylation sites (tertiary alicyclic amines) is 1. The van der Waals surface area contributed by atoms with E-state index in [1.54, 1.807) is 14.2 Å². The zero-order valence-corrected chi connectivity index (χ0v) is 13.3. The third kappa shape index (κ3) is 3.39. The molecule has 0 spiro atoms. The van der Waals surface area contributed by atoms with Crippen LogP contribution >= 0.6 is 0 Å². The molecule has 2 fully saturated rings. The van der Waals surface area contributed by atoms with Gasteiger partial charge in [-0.3, -0.25) is 9.69 Å². The van der Waals surface area contributed by atoms with Gasteiger partial charge in [0.15, 0.2) is 0 Å². The maximum Gasteiger partial charge on any atom is 0.323 e. The van der Waals surface area contributed by atoms with Gasteiger partial charge in [0.1, 0.15) is 5.54 Å². The number of likely N-dealkylation sites (N-methyl/N-ethyl adjacent to an activating group) is 1. The molecule has 0 amide bonds. The first kappa shape index (κ1) is 16.7. The Bertz CT molecular complexity index is 350. The second-order valence-corrected chi connectivity index (χ2v) is 6.17. The van der Waals surface area contributed by atoms with Crippen LogP contribution in [0, 0.1) is 0 Å². The lowest BCUT2D eigenvalue weighted by Gasteiger charge is -2.41. The molecule has 4 unspecified atom stereocenters. The molecule has 2 N–H and O–H groups in total. The number of ether oxygens (including phenoxy) is 2. The Balaban J connectivity index is 2.05. The molecular weight excluding hydrogens is 272 g/mol. The Morgan fingerprint density at radius 3 is 2.43 bits per heavy atom. The van der Waals surface area contributed by atoms with E-state index >= 15 is 0 Å². The van der Waals surface area contributed by atoms with Gasteiger partial charge in [-0.2, -0.15) is 0 Å². The van der Waals surface area contributed by atoms with Crippen molar-refractivity contribution in [3.05, 3.63) is 0 Å². The second kappa shape index (κ2) is 7.05. The summed E-state index contributed by atoms with van der Waals surface area (Å²) in [5, 5.41) is 12.9. The van der Waals surface area contributed by atoms with Gasteiger partial charge in [0.2, 0.25) is 0 Å². The van der Waals surface area contributed by atoms with Crippen LogP contribution in [0.4, 0.5) is 0 Å². The SMILES string of the molecule is CCNC1(C(=O)O)CCCC(N2CC(OC)C(OC)C2)C1. The molecule has 2 aliphatic rings. The lowest BCUT2D eigenvalue weighted by Crippen LogP contribution is -2.58. The van der Waals surface area contributed by atoms with Crippen molar-refractivity contribution in [2.45, 2.75) is 56.4 Å². The molecule has 2 rings (SSSR count). The lowest BCUT2D eigenvalue weighted by molar-refractivity contribution is -0.147. The van der Waals surface area contributed by atoms with Crippen molar-refractivity contribution < 1.29 is 19.4 Å². The fourth-order valence-corrected chi connectivity index (χ4v) is 3.85. The molecule has 1 aliphatic heterocycles. The van der Waals surface area contributed by atoms with E-state index in [9.17, 15) is 9.90 Å².